The van der Waals surface area contributed by atoms with E-state index in [1.807, 2.05) is 30.3 Å². The van der Waals surface area contributed by atoms with Gasteiger partial charge in [-0.05, 0) is 84.7 Å². The van der Waals surface area contributed by atoms with Gasteiger partial charge in [-0.3, -0.25) is 20.1 Å². The summed E-state index contributed by atoms with van der Waals surface area (Å²) in [7, 11) is 0. The number of likely N-dealkylation sites (tertiary alicyclic amines) is 1. The number of piperidine rings is 1. The van der Waals surface area contributed by atoms with Gasteiger partial charge in [0.05, 0.1) is 6.04 Å². The molecule has 3 aromatic rings. The number of nitrogens with one attached hydrogen (secondary N) is 1. The van der Waals surface area contributed by atoms with Crippen LogP contribution in [0.1, 0.15) is 76.8 Å². The Labute approximate surface area is 255 Å². The number of nitrogens with zero attached hydrogens (tertiary/aromatic N) is 3. The highest BCUT2D eigenvalue weighted by atomic mass is 19.1. The predicted octanol–water partition coefficient (Wildman–Crippen LogP) is 8.21. The van der Waals surface area contributed by atoms with Gasteiger partial charge < -0.3 is 4.74 Å². The van der Waals surface area contributed by atoms with E-state index in [9.17, 15) is 9.18 Å². The topological polar surface area (TPSA) is 57.2 Å². The fourth-order valence-electron chi connectivity index (χ4n) is 6.76. The first kappa shape index (κ1) is 29.4. The van der Waals surface area contributed by atoms with Crippen molar-refractivity contribution in [2.45, 2.75) is 89.3 Å². The Hall–Kier alpha value is -3.71. The number of urea groups is 1. The zero-order chi connectivity index (χ0) is 30.0. The van der Waals surface area contributed by atoms with Crippen molar-refractivity contribution in [3.8, 4) is 11.5 Å². The molecule has 0 radical (unpaired) electrons. The highest BCUT2D eigenvalue weighted by molar-refractivity contribution is 6.19. The number of aliphatic imine (C=N–C) groups is 1. The van der Waals surface area contributed by atoms with Crippen molar-refractivity contribution in [3.63, 3.8) is 0 Å². The van der Waals surface area contributed by atoms with Crippen LogP contribution in [0.5, 0.6) is 11.5 Å². The minimum absolute atomic E-state index is 0.101. The Kier molecular flexibility index (Phi) is 8.27. The molecule has 0 bridgehead atoms. The van der Waals surface area contributed by atoms with E-state index in [0.717, 1.165) is 62.7 Å². The van der Waals surface area contributed by atoms with Gasteiger partial charge in [0.25, 0.3) is 0 Å². The van der Waals surface area contributed by atoms with Gasteiger partial charge in [-0.15, -0.1) is 0 Å². The molecule has 226 valence electrons. The summed E-state index contributed by atoms with van der Waals surface area (Å²) in [4.78, 5) is 22.8. The van der Waals surface area contributed by atoms with E-state index in [0.29, 0.717) is 5.69 Å². The number of halogens is 1. The van der Waals surface area contributed by atoms with Gasteiger partial charge in [-0.2, -0.15) is 0 Å². The Bertz CT molecular complexity index is 1470. The van der Waals surface area contributed by atoms with Gasteiger partial charge in [0, 0.05) is 25.3 Å². The molecule has 2 amide bonds. The second-order valence-corrected chi connectivity index (χ2v) is 13.3. The van der Waals surface area contributed by atoms with Crippen molar-refractivity contribution in [3.05, 3.63) is 89.7 Å². The zero-order valence-electron chi connectivity index (χ0n) is 25.6. The number of rotatable bonds is 6. The molecule has 7 heteroatoms. The number of hydrogen-bond donors (Lipinski definition) is 1. The summed E-state index contributed by atoms with van der Waals surface area (Å²) in [5.74, 6) is 2.06. The summed E-state index contributed by atoms with van der Waals surface area (Å²) in [6, 6.07) is 23.0. The van der Waals surface area contributed by atoms with E-state index in [1.165, 1.54) is 42.5 Å². The molecule has 43 heavy (non-hydrogen) atoms. The van der Waals surface area contributed by atoms with Crippen LogP contribution in [0.25, 0.3) is 0 Å². The molecule has 3 aromatic carbocycles. The SMILES string of the molecule is CC(C)(C)c1ccc(Oc2cccc(CN3CCC4(CC3)C(=NC3CCCCC3)NC(=O)N4c3cccc(F)c3)c2)cc1. The van der Waals surface area contributed by atoms with Gasteiger partial charge in [-0.1, -0.05) is 70.4 Å². The summed E-state index contributed by atoms with van der Waals surface area (Å²) < 4.78 is 20.5. The van der Waals surface area contributed by atoms with E-state index in [1.54, 1.807) is 11.0 Å². The maximum absolute atomic E-state index is 14.3. The number of hydrogen-bond acceptors (Lipinski definition) is 4. The van der Waals surface area contributed by atoms with Gasteiger partial charge in [0.1, 0.15) is 28.7 Å². The molecule has 1 aliphatic carbocycles. The average Bonchev–Trinajstić information content (AvgIpc) is 3.24. The van der Waals surface area contributed by atoms with Crippen molar-refractivity contribution in [2.24, 2.45) is 4.99 Å². The second kappa shape index (κ2) is 12.1. The molecule has 1 N–H and O–H groups in total. The number of ether oxygens (including phenoxy) is 1. The summed E-state index contributed by atoms with van der Waals surface area (Å²) in [6.45, 7) is 9.00. The summed E-state index contributed by atoms with van der Waals surface area (Å²) in [5.41, 5.74) is 2.55. The minimum Gasteiger partial charge on any atom is -0.457 e. The molecule has 1 saturated carbocycles. The molecule has 2 saturated heterocycles. The van der Waals surface area contributed by atoms with Gasteiger partial charge in [0.15, 0.2) is 0 Å². The number of carbonyl (C=O) groups is 1. The monoisotopic (exact) mass is 582 g/mol. The fourth-order valence-corrected chi connectivity index (χ4v) is 6.76. The standard InChI is InChI=1S/C36H43FN4O2/c1-35(2,3)27-15-17-31(18-16-27)43-32-14-7-9-26(23-32)25-40-21-19-36(20-22-40)33(38-29-11-5-4-6-12-29)39-34(42)41(36)30-13-8-10-28(37)24-30/h7-10,13-18,23-24,29H,4-6,11-12,19-22,25H2,1-3H3,(H,38,39,42). The third kappa shape index (κ3) is 6.47. The van der Waals surface area contributed by atoms with Crippen LogP contribution in [0, 0.1) is 5.82 Å². The van der Waals surface area contributed by atoms with Crippen LogP contribution in [0.3, 0.4) is 0 Å². The van der Waals surface area contributed by atoms with Gasteiger partial charge in [-0.25, -0.2) is 9.18 Å². The molecule has 3 fully saturated rings. The van der Waals surface area contributed by atoms with E-state index in [-0.39, 0.29) is 23.3 Å². The molecule has 0 atom stereocenters. The van der Waals surface area contributed by atoms with E-state index >= 15 is 0 Å². The smallest absolute Gasteiger partial charge is 0.328 e. The molecule has 0 aromatic heterocycles. The third-order valence-corrected chi connectivity index (χ3v) is 9.19. The van der Waals surface area contributed by atoms with E-state index in [4.69, 9.17) is 9.73 Å². The summed E-state index contributed by atoms with van der Waals surface area (Å²) in [6.07, 6.45) is 7.16. The number of carbonyl (C=O) groups excluding carboxylic acids is 1. The lowest BCUT2D eigenvalue weighted by Gasteiger charge is -2.44. The van der Waals surface area contributed by atoms with Crippen LogP contribution < -0.4 is 15.0 Å². The first-order chi connectivity index (χ1) is 20.7. The molecular formula is C36H43FN4O2. The van der Waals surface area contributed by atoms with Crippen molar-refractivity contribution >= 4 is 17.6 Å². The van der Waals surface area contributed by atoms with Crippen LogP contribution in [0.2, 0.25) is 0 Å². The van der Waals surface area contributed by atoms with Crippen molar-refractivity contribution in [1.82, 2.24) is 10.2 Å². The van der Waals surface area contributed by atoms with Crippen LogP contribution in [-0.4, -0.2) is 41.4 Å². The number of anilines is 1. The molecular weight excluding hydrogens is 539 g/mol. The van der Waals surface area contributed by atoms with Gasteiger partial charge >= 0.3 is 6.03 Å². The normalized spacial score (nSPS) is 20.5. The largest absolute Gasteiger partial charge is 0.457 e. The van der Waals surface area contributed by atoms with E-state index in [2.05, 4.69) is 55.3 Å². The molecule has 2 aliphatic heterocycles. The lowest BCUT2D eigenvalue weighted by molar-refractivity contribution is 0.184. The van der Waals surface area contributed by atoms with Crippen molar-refractivity contribution in [1.29, 1.82) is 0 Å². The summed E-state index contributed by atoms with van der Waals surface area (Å²) in [5, 5.41) is 3.12. The van der Waals surface area contributed by atoms with Gasteiger partial charge in [0.2, 0.25) is 0 Å². The Morgan fingerprint density at radius 2 is 1.65 bits per heavy atom. The van der Waals surface area contributed by atoms with E-state index < -0.39 is 5.54 Å². The maximum Gasteiger partial charge on any atom is 0.328 e. The Balaban J connectivity index is 1.17. The Morgan fingerprint density at radius 1 is 0.930 bits per heavy atom. The highest BCUT2D eigenvalue weighted by Crippen LogP contribution is 2.39. The average molecular weight is 583 g/mol. The number of amides is 2. The fraction of sp³-hybridized carbons (Fsp3) is 0.444. The minimum atomic E-state index is -0.594. The lowest BCUT2D eigenvalue weighted by Crippen LogP contribution is -2.57. The highest BCUT2D eigenvalue weighted by Gasteiger charge is 2.53. The molecule has 3 aliphatic rings. The van der Waals surface area contributed by atoms with Crippen molar-refractivity contribution in [2.75, 3.05) is 18.0 Å². The first-order valence-electron chi connectivity index (χ1n) is 15.7. The zero-order valence-corrected chi connectivity index (χ0v) is 25.6. The lowest BCUT2D eigenvalue weighted by atomic mass is 9.84. The van der Waals surface area contributed by atoms with Crippen molar-refractivity contribution < 1.29 is 13.9 Å². The molecule has 0 unspecified atom stereocenters. The Morgan fingerprint density at radius 3 is 2.35 bits per heavy atom. The second-order valence-electron chi connectivity index (χ2n) is 13.3. The van der Waals surface area contributed by atoms with Crippen LogP contribution in [0.15, 0.2) is 77.8 Å². The molecule has 6 rings (SSSR count). The third-order valence-electron chi connectivity index (χ3n) is 9.19. The summed E-state index contributed by atoms with van der Waals surface area (Å²) >= 11 is 0. The van der Waals surface area contributed by atoms with Crippen LogP contribution >= 0.6 is 0 Å². The molecule has 6 nitrogen and oxygen atoms in total. The van der Waals surface area contributed by atoms with Crippen LogP contribution in [0.4, 0.5) is 14.9 Å². The maximum atomic E-state index is 14.3. The quantitative estimate of drug-likeness (QED) is 0.319. The van der Waals surface area contributed by atoms with Crippen LogP contribution in [-0.2, 0) is 12.0 Å². The molecule has 1 spiro atoms. The molecule has 2 heterocycles. The predicted molar refractivity (Wildman–Crippen MR) is 171 cm³/mol. The number of benzene rings is 3. The number of amidine groups is 1. The first-order valence-corrected chi connectivity index (χ1v) is 15.7.